The van der Waals surface area contributed by atoms with Crippen LogP contribution >= 0.6 is 0 Å². The third-order valence-electron chi connectivity index (χ3n) is 3.08. The van der Waals surface area contributed by atoms with Crippen molar-refractivity contribution in [1.29, 1.82) is 0 Å². The van der Waals surface area contributed by atoms with Gasteiger partial charge in [0.1, 0.15) is 0 Å². The van der Waals surface area contributed by atoms with Gasteiger partial charge in [0.05, 0.1) is 0 Å². The van der Waals surface area contributed by atoms with Crippen molar-refractivity contribution in [2.45, 2.75) is 39.4 Å². The van der Waals surface area contributed by atoms with Gasteiger partial charge in [0.15, 0.2) is 6.29 Å². The molecule has 110 valence electrons. The van der Waals surface area contributed by atoms with Crippen LogP contribution in [0.5, 0.6) is 0 Å². The van der Waals surface area contributed by atoms with Gasteiger partial charge in [-0.05, 0) is 25.5 Å². The van der Waals surface area contributed by atoms with Gasteiger partial charge in [-0.3, -0.25) is 10.1 Å². The van der Waals surface area contributed by atoms with E-state index in [1.54, 1.807) is 0 Å². The fourth-order valence-corrected chi connectivity index (χ4v) is 2.01. The highest BCUT2D eigenvalue weighted by Crippen LogP contribution is 2.18. The summed E-state index contributed by atoms with van der Waals surface area (Å²) in [5.41, 5.74) is 1.76. The molecule has 0 atom stereocenters. The number of ether oxygens (including phenoxy) is 2. The van der Waals surface area contributed by atoms with Crippen molar-refractivity contribution in [3.63, 3.8) is 0 Å². The first-order valence-electron chi connectivity index (χ1n) is 7.08. The molecule has 1 heterocycles. The minimum Gasteiger partial charge on any atom is -0.351 e. The van der Waals surface area contributed by atoms with Crippen LogP contribution in [-0.2, 0) is 9.47 Å². The molecule has 1 aliphatic heterocycles. The molecule has 0 unspecified atom stereocenters. The van der Waals surface area contributed by atoms with E-state index in [0.717, 1.165) is 18.4 Å². The number of carbonyl (C=O) groups excluding carboxylic acids is 1. The topological polar surface area (TPSA) is 59.6 Å². The molecular formula is C15H22N2O3. The Hall–Kier alpha value is -1.43. The summed E-state index contributed by atoms with van der Waals surface area (Å²) in [4.78, 5) is 11.9. The maximum Gasteiger partial charge on any atom is 0.251 e. The van der Waals surface area contributed by atoms with Crippen LogP contribution in [-0.4, -0.2) is 31.7 Å². The molecule has 0 spiro atoms. The van der Waals surface area contributed by atoms with Crippen molar-refractivity contribution in [3.8, 4) is 0 Å². The number of hydrogen-bond acceptors (Lipinski definition) is 4. The lowest BCUT2D eigenvalue weighted by Gasteiger charge is -2.36. The highest BCUT2D eigenvalue weighted by Gasteiger charge is 2.29. The molecule has 1 saturated heterocycles. The van der Waals surface area contributed by atoms with Crippen molar-refractivity contribution in [1.82, 2.24) is 10.6 Å². The van der Waals surface area contributed by atoms with Gasteiger partial charge in [0, 0.05) is 18.7 Å². The fourth-order valence-electron chi connectivity index (χ4n) is 2.01. The second-order valence-electron chi connectivity index (χ2n) is 4.90. The highest BCUT2D eigenvalue weighted by atomic mass is 16.9. The molecule has 1 aromatic rings. The summed E-state index contributed by atoms with van der Waals surface area (Å²) in [5.74, 6) is -0.0604. The predicted octanol–water partition coefficient (Wildman–Crippen LogP) is 1.77. The summed E-state index contributed by atoms with van der Waals surface area (Å²) < 4.78 is 10.9. The molecule has 0 aromatic heterocycles. The predicted molar refractivity (Wildman–Crippen MR) is 76.2 cm³/mol. The van der Waals surface area contributed by atoms with Crippen LogP contribution in [0.25, 0.3) is 0 Å². The normalized spacial score (nSPS) is 21.3. The molecular weight excluding hydrogens is 256 g/mol. The number of amides is 1. The molecule has 0 aliphatic carbocycles. The maximum atomic E-state index is 11.9. The lowest BCUT2D eigenvalue weighted by molar-refractivity contribution is -0.395. The Morgan fingerprint density at radius 2 is 2.10 bits per heavy atom. The molecule has 0 radical (unpaired) electrons. The van der Waals surface area contributed by atoms with E-state index < -0.39 is 0 Å². The number of carbonyl (C=O) groups is 1. The largest absolute Gasteiger partial charge is 0.351 e. The zero-order valence-corrected chi connectivity index (χ0v) is 12.0. The maximum absolute atomic E-state index is 11.9. The molecule has 1 fully saturated rings. The Labute approximate surface area is 119 Å². The van der Waals surface area contributed by atoms with Crippen molar-refractivity contribution in [2.24, 2.45) is 0 Å². The van der Waals surface area contributed by atoms with Crippen LogP contribution in [0, 0.1) is 6.92 Å². The van der Waals surface area contributed by atoms with Gasteiger partial charge >= 0.3 is 0 Å². The van der Waals surface area contributed by atoms with E-state index in [1.165, 1.54) is 0 Å². The van der Waals surface area contributed by atoms with Gasteiger partial charge in [0.2, 0.25) is 6.41 Å². The summed E-state index contributed by atoms with van der Waals surface area (Å²) in [6, 6.07) is 7.53. The molecule has 5 nitrogen and oxygen atoms in total. The van der Waals surface area contributed by atoms with Gasteiger partial charge in [-0.15, -0.1) is 0 Å². The van der Waals surface area contributed by atoms with Gasteiger partial charge in [-0.2, -0.15) is 0 Å². The van der Waals surface area contributed by atoms with E-state index in [1.807, 2.05) is 31.2 Å². The standard InChI is InChI=1S/C15H22N2O3/c1-3-5-13-19-15(20-13)17-9-8-16-14(18)12-7-4-6-11(2)10-12/h4,6-7,10,13,15,17H,3,5,8-9H2,1-2H3,(H,16,18). The third kappa shape index (κ3) is 4.30. The van der Waals surface area contributed by atoms with Crippen LogP contribution < -0.4 is 10.6 Å². The molecule has 2 N–H and O–H groups in total. The Balaban J connectivity index is 1.59. The monoisotopic (exact) mass is 278 g/mol. The molecule has 5 heteroatoms. The fraction of sp³-hybridized carbons (Fsp3) is 0.533. The van der Waals surface area contributed by atoms with Crippen LogP contribution in [0.15, 0.2) is 24.3 Å². The van der Waals surface area contributed by atoms with Crippen LogP contribution in [0.4, 0.5) is 0 Å². The summed E-state index contributed by atoms with van der Waals surface area (Å²) in [6.07, 6.45) is 1.56. The van der Waals surface area contributed by atoms with E-state index in [9.17, 15) is 4.79 Å². The lowest BCUT2D eigenvalue weighted by atomic mass is 10.1. The second kappa shape index (κ2) is 7.38. The zero-order chi connectivity index (χ0) is 14.4. The van der Waals surface area contributed by atoms with E-state index in [-0.39, 0.29) is 18.6 Å². The Kier molecular flexibility index (Phi) is 5.52. The SMILES string of the molecule is CCCC1OC(NCCNC(=O)c2cccc(C)c2)O1. The summed E-state index contributed by atoms with van der Waals surface area (Å²) in [6.45, 7) is 5.21. The van der Waals surface area contributed by atoms with Crippen LogP contribution in [0.2, 0.25) is 0 Å². The number of nitrogens with one attached hydrogen (secondary N) is 2. The first-order valence-corrected chi connectivity index (χ1v) is 7.08. The number of rotatable bonds is 7. The minimum absolute atomic E-state index is 0.0604. The number of hydrogen-bond donors (Lipinski definition) is 2. The van der Waals surface area contributed by atoms with E-state index in [4.69, 9.17) is 9.47 Å². The van der Waals surface area contributed by atoms with Crippen molar-refractivity contribution >= 4 is 5.91 Å². The number of aryl methyl sites for hydroxylation is 1. The van der Waals surface area contributed by atoms with Crippen LogP contribution in [0.3, 0.4) is 0 Å². The summed E-state index contributed by atoms with van der Waals surface area (Å²) >= 11 is 0. The smallest absolute Gasteiger partial charge is 0.251 e. The molecule has 1 amide bonds. The van der Waals surface area contributed by atoms with E-state index in [2.05, 4.69) is 17.6 Å². The van der Waals surface area contributed by atoms with E-state index >= 15 is 0 Å². The molecule has 1 aliphatic rings. The Bertz CT molecular complexity index is 444. The van der Waals surface area contributed by atoms with Gasteiger partial charge in [-0.25, -0.2) is 0 Å². The first-order chi connectivity index (χ1) is 9.69. The zero-order valence-electron chi connectivity index (χ0n) is 12.0. The Morgan fingerprint density at radius 1 is 1.30 bits per heavy atom. The van der Waals surface area contributed by atoms with Crippen LogP contribution in [0.1, 0.15) is 35.7 Å². The second-order valence-corrected chi connectivity index (χ2v) is 4.90. The Morgan fingerprint density at radius 3 is 2.80 bits per heavy atom. The van der Waals surface area contributed by atoms with Gasteiger partial charge in [0.25, 0.3) is 5.91 Å². The van der Waals surface area contributed by atoms with Gasteiger partial charge < -0.3 is 14.8 Å². The molecule has 0 saturated carbocycles. The molecule has 2 rings (SSSR count). The van der Waals surface area contributed by atoms with Crippen molar-refractivity contribution < 1.29 is 14.3 Å². The van der Waals surface area contributed by atoms with Crippen molar-refractivity contribution in [3.05, 3.63) is 35.4 Å². The molecule has 20 heavy (non-hydrogen) atoms. The van der Waals surface area contributed by atoms with Crippen molar-refractivity contribution in [2.75, 3.05) is 13.1 Å². The quantitative estimate of drug-likeness (QED) is 0.746. The lowest BCUT2D eigenvalue weighted by Crippen LogP contribution is -2.51. The summed E-state index contributed by atoms with van der Waals surface area (Å²) in [7, 11) is 0. The minimum atomic E-state index is -0.331. The molecule has 0 bridgehead atoms. The molecule has 1 aromatic carbocycles. The average molecular weight is 278 g/mol. The van der Waals surface area contributed by atoms with E-state index in [0.29, 0.717) is 18.7 Å². The highest BCUT2D eigenvalue weighted by molar-refractivity contribution is 5.94. The average Bonchev–Trinajstić information content (AvgIpc) is 2.40. The third-order valence-corrected chi connectivity index (χ3v) is 3.08. The first kappa shape index (κ1) is 15.0. The van der Waals surface area contributed by atoms with Gasteiger partial charge in [-0.1, -0.05) is 31.0 Å². The summed E-state index contributed by atoms with van der Waals surface area (Å²) in [5, 5.41) is 5.92. The number of benzene rings is 1.